The molecule has 2 N–H and O–H groups in total. The zero-order valence-electron chi connectivity index (χ0n) is 10.4. The van der Waals surface area contributed by atoms with Crippen LogP contribution in [0.5, 0.6) is 0 Å². The van der Waals surface area contributed by atoms with Crippen LogP contribution in [0.3, 0.4) is 0 Å². The Balaban J connectivity index is 1.81. The number of ether oxygens (including phenoxy) is 1. The SMILES string of the molecule is CC(O)C1CCN(C(=O)C2COCCN2)CC1. The second-order valence-electron chi connectivity index (χ2n) is 4.98. The molecule has 2 aliphatic rings. The van der Waals surface area contributed by atoms with Gasteiger partial charge in [-0.05, 0) is 25.7 Å². The van der Waals surface area contributed by atoms with Gasteiger partial charge in [0.1, 0.15) is 6.04 Å². The van der Waals surface area contributed by atoms with Gasteiger partial charge in [-0.3, -0.25) is 4.79 Å². The molecule has 0 aromatic heterocycles. The lowest BCUT2D eigenvalue weighted by Crippen LogP contribution is -2.54. The highest BCUT2D eigenvalue weighted by Crippen LogP contribution is 2.21. The Labute approximate surface area is 102 Å². The number of rotatable bonds is 2. The molecule has 2 saturated heterocycles. The van der Waals surface area contributed by atoms with E-state index in [1.54, 1.807) is 0 Å². The fourth-order valence-electron chi connectivity index (χ4n) is 2.55. The molecule has 0 aromatic rings. The Kier molecular flexibility index (Phi) is 4.36. The number of aliphatic hydroxyl groups is 1. The first-order valence-corrected chi connectivity index (χ1v) is 6.46. The predicted molar refractivity (Wildman–Crippen MR) is 63.6 cm³/mol. The fourth-order valence-corrected chi connectivity index (χ4v) is 2.55. The molecule has 0 bridgehead atoms. The maximum Gasteiger partial charge on any atom is 0.242 e. The molecule has 2 atom stereocenters. The number of hydrogen-bond donors (Lipinski definition) is 2. The molecular weight excluding hydrogens is 220 g/mol. The highest BCUT2D eigenvalue weighted by molar-refractivity contribution is 5.82. The number of aliphatic hydroxyl groups excluding tert-OH is 1. The van der Waals surface area contributed by atoms with Gasteiger partial charge in [0.25, 0.3) is 0 Å². The van der Waals surface area contributed by atoms with Gasteiger partial charge in [-0.2, -0.15) is 0 Å². The van der Waals surface area contributed by atoms with Crippen LogP contribution in [-0.2, 0) is 9.53 Å². The van der Waals surface area contributed by atoms with Crippen molar-refractivity contribution < 1.29 is 14.6 Å². The lowest BCUT2D eigenvalue weighted by molar-refractivity contribution is -0.138. The number of nitrogens with one attached hydrogen (secondary N) is 1. The van der Waals surface area contributed by atoms with Gasteiger partial charge in [-0.25, -0.2) is 0 Å². The van der Waals surface area contributed by atoms with E-state index in [-0.39, 0.29) is 18.1 Å². The summed E-state index contributed by atoms with van der Waals surface area (Å²) in [4.78, 5) is 14.0. The topological polar surface area (TPSA) is 61.8 Å². The third-order valence-electron chi connectivity index (χ3n) is 3.75. The number of carbonyl (C=O) groups is 1. The molecule has 1 amide bonds. The molecule has 17 heavy (non-hydrogen) atoms. The van der Waals surface area contributed by atoms with Gasteiger partial charge in [-0.15, -0.1) is 0 Å². The van der Waals surface area contributed by atoms with Crippen LogP contribution in [-0.4, -0.2) is 60.9 Å². The fraction of sp³-hybridized carbons (Fsp3) is 0.917. The number of likely N-dealkylation sites (tertiary alicyclic amines) is 1. The molecule has 2 aliphatic heterocycles. The molecular formula is C12H22N2O3. The first kappa shape index (κ1) is 12.8. The maximum atomic E-state index is 12.2. The highest BCUT2D eigenvalue weighted by atomic mass is 16.5. The molecule has 0 aromatic carbocycles. The number of amides is 1. The molecule has 0 spiro atoms. The van der Waals surface area contributed by atoms with Crippen LogP contribution in [0.1, 0.15) is 19.8 Å². The zero-order valence-corrected chi connectivity index (χ0v) is 10.4. The Bertz CT molecular complexity index is 256. The van der Waals surface area contributed by atoms with E-state index in [2.05, 4.69) is 5.32 Å². The quantitative estimate of drug-likeness (QED) is 0.691. The summed E-state index contributed by atoms with van der Waals surface area (Å²) in [6.07, 6.45) is 1.54. The molecule has 5 heteroatoms. The molecule has 0 saturated carbocycles. The lowest BCUT2D eigenvalue weighted by Gasteiger charge is -2.36. The van der Waals surface area contributed by atoms with E-state index < -0.39 is 0 Å². The van der Waals surface area contributed by atoms with Crippen LogP contribution in [0.2, 0.25) is 0 Å². The number of carbonyl (C=O) groups excluding carboxylic acids is 1. The number of hydrogen-bond acceptors (Lipinski definition) is 4. The van der Waals surface area contributed by atoms with Gasteiger partial charge in [0.05, 0.1) is 19.3 Å². The number of nitrogens with zero attached hydrogens (tertiary/aromatic N) is 1. The van der Waals surface area contributed by atoms with Crippen LogP contribution >= 0.6 is 0 Å². The van der Waals surface area contributed by atoms with Crippen molar-refractivity contribution in [2.45, 2.75) is 31.9 Å². The van der Waals surface area contributed by atoms with E-state index in [9.17, 15) is 9.90 Å². The van der Waals surface area contributed by atoms with Crippen molar-refractivity contribution in [1.82, 2.24) is 10.2 Å². The molecule has 2 heterocycles. The summed E-state index contributed by atoms with van der Waals surface area (Å²) < 4.78 is 5.30. The highest BCUT2D eigenvalue weighted by Gasteiger charge is 2.30. The lowest BCUT2D eigenvalue weighted by atomic mass is 9.92. The van der Waals surface area contributed by atoms with Crippen molar-refractivity contribution in [3.05, 3.63) is 0 Å². The van der Waals surface area contributed by atoms with E-state index in [4.69, 9.17) is 4.74 Å². The summed E-state index contributed by atoms with van der Waals surface area (Å²) in [5, 5.41) is 12.7. The Morgan fingerprint density at radius 3 is 2.71 bits per heavy atom. The third kappa shape index (κ3) is 3.18. The molecule has 2 rings (SSSR count). The standard InChI is InChI=1S/C12H22N2O3/c1-9(15)10-2-5-14(6-3-10)12(16)11-8-17-7-4-13-11/h9-11,13,15H,2-8H2,1H3. The Morgan fingerprint density at radius 1 is 1.47 bits per heavy atom. The van der Waals surface area contributed by atoms with Gasteiger partial charge >= 0.3 is 0 Å². The summed E-state index contributed by atoms with van der Waals surface area (Å²) in [6.45, 7) is 5.27. The van der Waals surface area contributed by atoms with Crippen molar-refractivity contribution in [3.8, 4) is 0 Å². The first-order valence-electron chi connectivity index (χ1n) is 6.46. The molecule has 98 valence electrons. The minimum atomic E-state index is -0.261. The van der Waals surface area contributed by atoms with Gasteiger partial charge in [0, 0.05) is 19.6 Å². The monoisotopic (exact) mass is 242 g/mol. The second-order valence-corrected chi connectivity index (χ2v) is 4.98. The van der Waals surface area contributed by atoms with Crippen molar-refractivity contribution in [1.29, 1.82) is 0 Å². The molecule has 0 aliphatic carbocycles. The van der Waals surface area contributed by atoms with Crippen molar-refractivity contribution >= 4 is 5.91 Å². The molecule has 5 nitrogen and oxygen atoms in total. The van der Waals surface area contributed by atoms with Crippen LogP contribution < -0.4 is 5.32 Å². The largest absolute Gasteiger partial charge is 0.393 e. The summed E-state index contributed by atoms with van der Waals surface area (Å²) in [5.41, 5.74) is 0. The minimum absolute atomic E-state index is 0.147. The molecule has 0 radical (unpaired) electrons. The summed E-state index contributed by atoms with van der Waals surface area (Å²) in [7, 11) is 0. The second kappa shape index (κ2) is 5.80. The number of piperidine rings is 1. The van der Waals surface area contributed by atoms with E-state index in [1.807, 2.05) is 11.8 Å². The van der Waals surface area contributed by atoms with Crippen LogP contribution in [0.4, 0.5) is 0 Å². The van der Waals surface area contributed by atoms with Crippen LogP contribution in [0.25, 0.3) is 0 Å². The van der Waals surface area contributed by atoms with E-state index in [1.165, 1.54) is 0 Å². The van der Waals surface area contributed by atoms with E-state index in [0.29, 0.717) is 19.1 Å². The summed E-state index contributed by atoms with van der Waals surface area (Å²) >= 11 is 0. The van der Waals surface area contributed by atoms with Gasteiger partial charge < -0.3 is 20.1 Å². The van der Waals surface area contributed by atoms with Gasteiger partial charge in [0.2, 0.25) is 5.91 Å². The van der Waals surface area contributed by atoms with Crippen molar-refractivity contribution in [2.24, 2.45) is 5.92 Å². The number of morpholine rings is 1. The Morgan fingerprint density at radius 2 is 2.18 bits per heavy atom. The summed E-state index contributed by atoms with van der Waals surface area (Å²) in [5.74, 6) is 0.489. The van der Waals surface area contributed by atoms with E-state index >= 15 is 0 Å². The smallest absolute Gasteiger partial charge is 0.242 e. The maximum absolute atomic E-state index is 12.2. The van der Waals surface area contributed by atoms with Crippen LogP contribution in [0.15, 0.2) is 0 Å². The third-order valence-corrected chi connectivity index (χ3v) is 3.75. The summed E-state index contributed by atoms with van der Waals surface area (Å²) in [6, 6.07) is -0.174. The normalized spacial score (nSPS) is 29.1. The molecule has 2 unspecified atom stereocenters. The van der Waals surface area contributed by atoms with Crippen molar-refractivity contribution in [3.63, 3.8) is 0 Å². The predicted octanol–water partition coefficient (Wildman–Crippen LogP) is -0.406. The van der Waals surface area contributed by atoms with Gasteiger partial charge in [0.15, 0.2) is 0 Å². The Hall–Kier alpha value is -0.650. The van der Waals surface area contributed by atoms with E-state index in [0.717, 1.165) is 32.5 Å². The van der Waals surface area contributed by atoms with Crippen molar-refractivity contribution in [2.75, 3.05) is 32.8 Å². The van der Waals surface area contributed by atoms with Gasteiger partial charge in [-0.1, -0.05) is 0 Å². The first-order chi connectivity index (χ1) is 8.18. The zero-order chi connectivity index (χ0) is 12.3. The average Bonchev–Trinajstić information content (AvgIpc) is 2.39. The molecule has 2 fully saturated rings. The minimum Gasteiger partial charge on any atom is -0.393 e. The van der Waals surface area contributed by atoms with Crippen LogP contribution in [0, 0.1) is 5.92 Å². The average molecular weight is 242 g/mol.